The van der Waals surface area contributed by atoms with Crippen LogP contribution >= 0.6 is 0 Å². The summed E-state index contributed by atoms with van der Waals surface area (Å²) in [6, 6.07) is 0.206. The number of amides is 2. The van der Waals surface area contributed by atoms with Gasteiger partial charge in [-0.2, -0.15) is 0 Å². The SMILES string of the molecule is CNC(=O)N1CCC(C(C)N)C1. The minimum atomic E-state index is 0.0122. The molecule has 1 aliphatic heterocycles. The van der Waals surface area contributed by atoms with E-state index >= 15 is 0 Å². The summed E-state index contributed by atoms with van der Waals surface area (Å²) in [7, 11) is 1.65. The fourth-order valence-electron chi connectivity index (χ4n) is 1.56. The van der Waals surface area contributed by atoms with E-state index in [9.17, 15) is 4.79 Å². The second-order valence-corrected chi connectivity index (χ2v) is 3.41. The zero-order valence-corrected chi connectivity index (χ0v) is 7.71. The van der Waals surface area contributed by atoms with E-state index < -0.39 is 0 Å². The van der Waals surface area contributed by atoms with E-state index in [0.29, 0.717) is 5.92 Å². The Balaban J connectivity index is 2.40. The first kappa shape index (κ1) is 9.32. The van der Waals surface area contributed by atoms with Crippen LogP contribution in [0.3, 0.4) is 0 Å². The largest absolute Gasteiger partial charge is 0.341 e. The predicted molar refractivity (Wildman–Crippen MR) is 47.8 cm³/mol. The molecule has 2 unspecified atom stereocenters. The van der Waals surface area contributed by atoms with E-state index in [4.69, 9.17) is 5.73 Å². The summed E-state index contributed by atoms with van der Waals surface area (Å²) in [5, 5.41) is 2.61. The van der Waals surface area contributed by atoms with Crippen LogP contribution in [-0.2, 0) is 0 Å². The molecule has 0 saturated carbocycles. The van der Waals surface area contributed by atoms with Crippen LogP contribution in [0.1, 0.15) is 13.3 Å². The van der Waals surface area contributed by atoms with Crippen molar-refractivity contribution < 1.29 is 4.79 Å². The monoisotopic (exact) mass is 171 g/mol. The molecule has 0 radical (unpaired) electrons. The number of hydrogen-bond donors (Lipinski definition) is 2. The second kappa shape index (κ2) is 3.76. The number of hydrogen-bond acceptors (Lipinski definition) is 2. The molecule has 1 fully saturated rings. The molecule has 0 aromatic rings. The smallest absolute Gasteiger partial charge is 0.317 e. The molecule has 1 saturated heterocycles. The number of nitrogens with one attached hydrogen (secondary N) is 1. The Morgan fingerprint density at radius 2 is 2.42 bits per heavy atom. The highest BCUT2D eigenvalue weighted by Gasteiger charge is 2.27. The molecule has 4 nitrogen and oxygen atoms in total. The molecule has 2 amide bonds. The zero-order valence-electron chi connectivity index (χ0n) is 7.71. The number of rotatable bonds is 1. The van der Waals surface area contributed by atoms with Crippen LogP contribution in [0.2, 0.25) is 0 Å². The molecule has 0 bridgehead atoms. The highest BCUT2D eigenvalue weighted by atomic mass is 16.2. The molecular weight excluding hydrogens is 154 g/mol. The van der Waals surface area contributed by atoms with Gasteiger partial charge in [-0.15, -0.1) is 0 Å². The van der Waals surface area contributed by atoms with Gasteiger partial charge in [-0.25, -0.2) is 4.79 Å². The van der Waals surface area contributed by atoms with Crippen molar-refractivity contribution in [3.63, 3.8) is 0 Å². The van der Waals surface area contributed by atoms with Crippen LogP contribution in [0.25, 0.3) is 0 Å². The molecule has 12 heavy (non-hydrogen) atoms. The first-order chi connectivity index (χ1) is 5.65. The van der Waals surface area contributed by atoms with Gasteiger partial charge in [-0.3, -0.25) is 0 Å². The summed E-state index contributed by atoms with van der Waals surface area (Å²) in [6.07, 6.45) is 1.03. The van der Waals surface area contributed by atoms with Crippen LogP contribution in [0.4, 0.5) is 4.79 Å². The van der Waals surface area contributed by atoms with Gasteiger partial charge in [0.2, 0.25) is 0 Å². The Labute approximate surface area is 73.1 Å². The highest BCUT2D eigenvalue weighted by molar-refractivity contribution is 5.74. The van der Waals surface area contributed by atoms with Crippen LogP contribution in [0, 0.1) is 5.92 Å². The Bertz CT molecular complexity index is 170. The van der Waals surface area contributed by atoms with E-state index in [1.54, 1.807) is 7.05 Å². The number of urea groups is 1. The third-order valence-corrected chi connectivity index (χ3v) is 2.47. The van der Waals surface area contributed by atoms with E-state index in [1.807, 2.05) is 11.8 Å². The standard InChI is InChI=1S/C8H17N3O/c1-6(9)7-3-4-11(5-7)8(12)10-2/h6-7H,3-5,9H2,1-2H3,(H,10,12). The molecule has 1 aliphatic rings. The van der Waals surface area contributed by atoms with E-state index in [-0.39, 0.29) is 12.1 Å². The van der Waals surface area contributed by atoms with Crippen molar-refractivity contribution >= 4 is 6.03 Å². The lowest BCUT2D eigenvalue weighted by atomic mass is 10.0. The molecule has 0 aromatic carbocycles. The average molecular weight is 171 g/mol. The van der Waals surface area contributed by atoms with Crippen LogP contribution in [0.5, 0.6) is 0 Å². The fourth-order valence-corrected chi connectivity index (χ4v) is 1.56. The topological polar surface area (TPSA) is 58.4 Å². The van der Waals surface area contributed by atoms with Crippen molar-refractivity contribution in [2.24, 2.45) is 11.7 Å². The normalized spacial score (nSPS) is 25.6. The van der Waals surface area contributed by atoms with Gasteiger partial charge < -0.3 is 16.0 Å². The molecular formula is C8H17N3O. The zero-order chi connectivity index (χ0) is 9.14. The molecule has 0 aliphatic carbocycles. The summed E-state index contributed by atoms with van der Waals surface area (Å²) in [5.74, 6) is 0.474. The van der Waals surface area contributed by atoms with Gasteiger partial charge in [0.15, 0.2) is 0 Å². The summed E-state index contributed by atoms with van der Waals surface area (Å²) < 4.78 is 0. The van der Waals surface area contributed by atoms with Gasteiger partial charge in [0.1, 0.15) is 0 Å². The molecule has 0 aromatic heterocycles. The lowest BCUT2D eigenvalue weighted by Crippen LogP contribution is -2.38. The van der Waals surface area contributed by atoms with Crippen molar-refractivity contribution in [1.82, 2.24) is 10.2 Å². The number of likely N-dealkylation sites (tertiary alicyclic amines) is 1. The summed E-state index contributed by atoms with van der Waals surface area (Å²) in [5.41, 5.74) is 5.74. The second-order valence-electron chi connectivity index (χ2n) is 3.41. The quantitative estimate of drug-likeness (QED) is 0.583. The fraction of sp³-hybridized carbons (Fsp3) is 0.875. The third-order valence-electron chi connectivity index (χ3n) is 2.47. The lowest BCUT2D eigenvalue weighted by Gasteiger charge is -2.17. The molecule has 70 valence electrons. The maximum Gasteiger partial charge on any atom is 0.317 e. The van der Waals surface area contributed by atoms with Gasteiger partial charge in [0, 0.05) is 26.2 Å². The van der Waals surface area contributed by atoms with Gasteiger partial charge in [0.25, 0.3) is 0 Å². The van der Waals surface area contributed by atoms with Gasteiger partial charge in [0.05, 0.1) is 0 Å². The summed E-state index contributed by atoms with van der Waals surface area (Å²) in [4.78, 5) is 13.0. The van der Waals surface area contributed by atoms with E-state index in [2.05, 4.69) is 5.32 Å². The highest BCUT2D eigenvalue weighted by Crippen LogP contribution is 2.18. The molecule has 0 spiro atoms. The minimum Gasteiger partial charge on any atom is -0.341 e. The number of carbonyl (C=O) groups is 1. The summed E-state index contributed by atoms with van der Waals surface area (Å²) in [6.45, 7) is 3.64. The molecule has 4 heteroatoms. The van der Waals surface area contributed by atoms with Gasteiger partial charge >= 0.3 is 6.03 Å². The number of nitrogens with two attached hydrogens (primary N) is 1. The van der Waals surface area contributed by atoms with Gasteiger partial charge in [-0.1, -0.05) is 0 Å². The van der Waals surface area contributed by atoms with Crippen molar-refractivity contribution in [2.45, 2.75) is 19.4 Å². The Morgan fingerprint density at radius 3 is 2.83 bits per heavy atom. The maximum atomic E-state index is 11.2. The molecule has 1 heterocycles. The van der Waals surface area contributed by atoms with Crippen molar-refractivity contribution in [1.29, 1.82) is 0 Å². The number of nitrogens with zero attached hydrogens (tertiary/aromatic N) is 1. The minimum absolute atomic E-state index is 0.0122. The predicted octanol–water partition coefficient (Wildman–Crippen LogP) is -0.00510. The molecule has 3 N–H and O–H groups in total. The van der Waals surface area contributed by atoms with Crippen molar-refractivity contribution in [3.05, 3.63) is 0 Å². The van der Waals surface area contributed by atoms with E-state index in [0.717, 1.165) is 19.5 Å². The van der Waals surface area contributed by atoms with Crippen LogP contribution in [0.15, 0.2) is 0 Å². The van der Waals surface area contributed by atoms with Crippen molar-refractivity contribution in [2.75, 3.05) is 20.1 Å². The lowest BCUT2D eigenvalue weighted by molar-refractivity contribution is 0.208. The maximum absolute atomic E-state index is 11.2. The first-order valence-corrected chi connectivity index (χ1v) is 4.37. The first-order valence-electron chi connectivity index (χ1n) is 4.37. The van der Waals surface area contributed by atoms with Gasteiger partial charge in [-0.05, 0) is 19.3 Å². The Hall–Kier alpha value is -0.770. The third kappa shape index (κ3) is 1.88. The Morgan fingerprint density at radius 1 is 1.75 bits per heavy atom. The van der Waals surface area contributed by atoms with Crippen LogP contribution in [-0.4, -0.2) is 37.1 Å². The average Bonchev–Trinajstić information content (AvgIpc) is 2.51. The molecule has 1 rings (SSSR count). The number of carbonyl (C=O) groups excluding carboxylic acids is 1. The van der Waals surface area contributed by atoms with Crippen molar-refractivity contribution in [3.8, 4) is 0 Å². The summed E-state index contributed by atoms with van der Waals surface area (Å²) >= 11 is 0. The van der Waals surface area contributed by atoms with E-state index in [1.165, 1.54) is 0 Å². The van der Waals surface area contributed by atoms with Crippen LogP contribution < -0.4 is 11.1 Å². The Kier molecular flexibility index (Phi) is 2.92. The molecule has 2 atom stereocenters.